The van der Waals surface area contributed by atoms with Gasteiger partial charge >= 0.3 is 0 Å². The highest BCUT2D eigenvalue weighted by Crippen LogP contribution is 2.22. The molecule has 2 aliphatic rings. The lowest BCUT2D eigenvalue weighted by atomic mass is 9.97. The van der Waals surface area contributed by atoms with E-state index < -0.39 is 0 Å². The molecule has 2 saturated heterocycles. The molecular formula is C13H25N3O. The molecule has 4 nitrogen and oxygen atoms in total. The monoisotopic (exact) mass is 239 g/mol. The number of carbonyl (C=O) groups excluding carboxylic acids is 1. The molecule has 17 heavy (non-hydrogen) atoms. The third-order valence-corrected chi connectivity index (χ3v) is 4.29. The number of hydrogen-bond donors (Lipinski definition) is 2. The maximum absolute atomic E-state index is 12.2. The van der Waals surface area contributed by atoms with Gasteiger partial charge in [-0.2, -0.15) is 0 Å². The molecule has 4 unspecified atom stereocenters. The van der Waals surface area contributed by atoms with Gasteiger partial charge in [-0.25, -0.2) is 5.01 Å². The van der Waals surface area contributed by atoms with Crippen LogP contribution in [0.2, 0.25) is 0 Å². The quantitative estimate of drug-likeness (QED) is 0.759. The summed E-state index contributed by atoms with van der Waals surface area (Å²) >= 11 is 0. The normalized spacial score (nSPS) is 39.2. The highest BCUT2D eigenvalue weighted by molar-refractivity contribution is 5.79. The van der Waals surface area contributed by atoms with Crippen molar-refractivity contribution in [1.82, 2.24) is 15.8 Å². The molecule has 0 saturated carbocycles. The van der Waals surface area contributed by atoms with E-state index in [2.05, 4.69) is 36.5 Å². The van der Waals surface area contributed by atoms with Crippen LogP contribution in [0, 0.1) is 11.8 Å². The summed E-state index contributed by atoms with van der Waals surface area (Å²) in [5, 5.41) is 5.45. The molecule has 2 aliphatic heterocycles. The molecule has 4 atom stereocenters. The van der Waals surface area contributed by atoms with E-state index in [1.165, 1.54) is 19.3 Å². The summed E-state index contributed by atoms with van der Waals surface area (Å²) < 4.78 is 0. The van der Waals surface area contributed by atoms with Crippen LogP contribution < -0.4 is 10.7 Å². The Bertz CT molecular complexity index is 272. The van der Waals surface area contributed by atoms with Gasteiger partial charge in [0.25, 0.3) is 0 Å². The van der Waals surface area contributed by atoms with Crippen molar-refractivity contribution in [3.05, 3.63) is 0 Å². The first-order chi connectivity index (χ1) is 8.09. The highest BCUT2D eigenvalue weighted by Gasteiger charge is 2.33. The SMILES string of the molecule is CC1CNCC1C(=O)NN1C(C)CCCC1C. The van der Waals surface area contributed by atoms with E-state index >= 15 is 0 Å². The fourth-order valence-corrected chi connectivity index (χ4v) is 3.01. The van der Waals surface area contributed by atoms with Gasteiger partial charge in [0.15, 0.2) is 0 Å². The number of amides is 1. The standard InChI is InChI=1S/C13H25N3O/c1-9-7-14-8-12(9)13(17)15-16-10(2)5-4-6-11(16)3/h9-12,14H,4-8H2,1-3H3,(H,15,17). The van der Waals surface area contributed by atoms with E-state index in [0.29, 0.717) is 18.0 Å². The van der Waals surface area contributed by atoms with Crippen LogP contribution in [0.15, 0.2) is 0 Å². The van der Waals surface area contributed by atoms with Gasteiger partial charge in [-0.05, 0) is 39.2 Å². The second-order valence-electron chi connectivity index (χ2n) is 5.75. The van der Waals surface area contributed by atoms with Crippen LogP contribution in [0.25, 0.3) is 0 Å². The molecule has 0 radical (unpaired) electrons. The summed E-state index contributed by atoms with van der Waals surface area (Å²) in [4.78, 5) is 12.2. The Morgan fingerprint density at radius 1 is 1.18 bits per heavy atom. The second kappa shape index (κ2) is 5.36. The highest BCUT2D eigenvalue weighted by atomic mass is 16.2. The largest absolute Gasteiger partial charge is 0.316 e. The van der Waals surface area contributed by atoms with Crippen LogP contribution in [0.1, 0.15) is 40.0 Å². The first kappa shape index (κ1) is 12.8. The molecular weight excluding hydrogens is 214 g/mol. The van der Waals surface area contributed by atoms with Gasteiger partial charge in [0, 0.05) is 18.6 Å². The number of carbonyl (C=O) groups is 1. The lowest BCUT2D eigenvalue weighted by molar-refractivity contribution is -0.133. The summed E-state index contributed by atoms with van der Waals surface area (Å²) in [5.41, 5.74) is 3.15. The summed E-state index contributed by atoms with van der Waals surface area (Å²) in [6, 6.07) is 0.930. The van der Waals surface area contributed by atoms with Crippen LogP contribution in [0.4, 0.5) is 0 Å². The summed E-state index contributed by atoms with van der Waals surface area (Å²) in [7, 11) is 0. The van der Waals surface area contributed by atoms with Gasteiger partial charge < -0.3 is 5.32 Å². The average Bonchev–Trinajstić information content (AvgIpc) is 2.70. The molecule has 0 aromatic heterocycles. The molecule has 4 heteroatoms. The summed E-state index contributed by atoms with van der Waals surface area (Å²) in [6.07, 6.45) is 3.64. The lowest BCUT2D eigenvalue weighted by Gasteiger charge is -2.39. The Labute approximate surface area is 104 Å². The minimum atomic E-state index is 0.135. The van der Waals surface area contributed by atoms with Gasteiger partial charge in [-0.1, -0.05) is 13.3 Å². The van der Waals surface area contributed by atoms with Crippen molar-refractivity contribution in [2.75, 3.05) is 13.1 Å². The maximum Gasteiger partial charge on any atom is 0.239 e. The number of nitrogens with zero attached hydrogens (tertiary/aromatic N) is 1. The van der Waals surface area contributed by atoms with Crippen molar-refractivity contribution in [2.45, 2.75) is 52.1 Å². The van der Waals surface area contributed by atoms with Gasteiger partial charge in [-0.15, -0.1) is 0 Å². The summed E-state index contributed by atoms with van der Waals surface area (Å²) in [5.74, 6) is 0.782. The predicted octanol–water partition coefficient (Wildman–Crippen LogP) is 1.14. The van der Waals surface area contributed by atoms with E-state index in [4.69, 9.17) is 0 Å². The summed E-state index contributed by atoms with van der Waals surface area (Å²) in [6.45, 7) is 8.33. The zero-order chi connectivity index (χ0) is 12.4. The second-order valence-corrected chi connectivity index (χ2v) is 5.75. The Kier molecular flexibility index (Phi) is 4.05. The van der Waals surface area contributed by atoms with Crippen LogP contribution in [0.5, 0.6) is 0 Å². The Morgan fingerprint density at radius 3 is 2.35 bits per heavy atom. The first-order valence-corrected chi connectivity index (χ1v) is 6.89. The van der Waals surface area contributed by atoms with Crippen molar-refractivity contribution in [1.29, 1.82) is 0 Å². The number of hydrazine groups is 1. The minimum absolute atomic E-state index is 0.135. The molecule has 1 amide bonds. The number of nitrogens with one attached hydrogen (secondary N) is 2. The van der Waals surface area contributed by atoms with Gasteiger partial charge in [-0.3, -0.25) is 10.2 Å². The van der Waals surface area contributed by atoms with Crippen LogP contribution >= 0.6 is 0 Å². The van der Waals surface area contributed by atoms with Crippen molar-refractivity contribution in [3.63, 3.8) is 0 Å². The van der Waals surface area contributed by atoms with Gasteiger partial charge in [0.05, 0.1) is 5.92 Å². The number of piperidine rings is 1. The van der Waals surface area contributed by atoms with E-state index in [1.54, 1.807) is 0 Å². The number of hydrogen-bond acceptors (Lipinski definition) is 3. The lowest BCUT2D eigenvalue weighted by Crippen LogP contribution is -2.55. The Morgan fingerprint density at radius 2 is 1.82 bits per heavy atom. The molecule has 0 aromatic rings. The van der Waals surface area contributed by atoms with Crippen molar-refractivity contribution in [2.24, 2.45) is 11.8 Å². The van der Waals surface area contributed by atoms with E-state index in [-0.39, 0.29) is 11.8 Å². The molecule has 2 N–H and O–H groups in total. The first-order valence-electron chi connectivity index (χ1n) is 6.89. The minimum Gasteiger partial charge on any atom is -0.316 e. The van der Waals surface area contributed by atoms with Gasteiger partial charge in [0.2, 0.25) is 5.91 Å². The van der Waals surface area contributed by atoms with E-state index in [1.807, 2.05) is 0 Å². The smallest absolute Gasteiger partial charge is 0.239 e. The zero-order valence-corrected chi connectivity index (χ0v) is 11.2. The molecule has 0 aliphatic carbocycles. The Balaban J connectivity index is 1.92. The van der Waals surface area contributed by atoms with Crippen molar-refractivity contribution in [3.8, 4) is 0 Å². The van der Waals surface area contributed by atoms with Crippen molar-refractivity contribution < 1.29 is 4.79 Å². The Hall–Kier alpha value is -0.610. The fraction of sp³-hybridized carbons (Fsp3) is 0.923. The average molecular weight is 239 g/mol. The third kappa shape index (κ3) is 2.80. The number of rotatable bonds is 2. The van der Waals surface area contributed by atoms with Crippen LogP contribution in [-0.2, 0) is 4.79 Å². The van der Waals surface area contributed by atoms with E-state index in [0.717, 1.165) is 13.1 Å². The molecule has 0 bridgehead atoms. The molecule has 0 aromatic carbocycles. The third-order valence-electron chi connectivity index (χ3n) is 4.29. The molecule has 2 fully saturated rings. The molecule has 2 heterocycles. The van der Waals surface area contributed by atoms with Crippen LogP contribution in [0.3, 0.4) is 0 Å². The van der Waals surface area contributed by atoms with Crippen LogP contribution in [-0.4, -0.2) is 36.1 Å². The van der Waals surface area contributed by atoms with E-state index in [9.17, 15) is 4.79 Å². The van der Waals surface area contributed by atoms with Gasteiger partial charge in [0.1, 0.15) is 0 Å². The maximum atomic E-state index is 12.2. The topological polar surface area (TPSA) is 44.4 Å². The molecule has 0 spiro atoms. The zero-order valence-electron chi connectivity index (χ0n) is 11.2. The van der Waals surface area contributed by atoms with Crippen molar-refractivity contribution >= 4 is 5.91 Å². The molecule has 2 rings (SSSR count). The fourth-order valence-electron chi connectivity index (χ4n) is 3.01. The molecule has 98 valence electrons. The predicted molar refractivity (Wildman–Crippen MR) is 68.3 cm³/mol.